The van der Waals surface area contributed by atoms with Gasteiger partial charge in [0.2, 0.25) is 0 Å². The molecule has 0 N–H and O–H groups in total. The third-order valence-electron chi connectivity index (χ3n) is 1.32. The molecule has 0 amide bonds. The minimum Gasteiger partial charge on any atom is -0.461 e. The molecule has 0 saturated carbocycles. The quantitative estimate of drug-likeness (QED) is 0.659. The van der Waals surface area contributed by atoms with Crippen molar-refractivity contribution in [3.63, 3.8) is 0 Å². The number of carbonyl (C=O) groups excluding carboxylic acids is 1. The first-order valence-corrected chi connectivity index (χ1v) is 3.89. The lowest BCUT2D eigenvalue weighted by atomic mass is 10.4. The smallest absolute Gasteiger partial charge is 0.358 e. The molecule has 0 saturated heterocycles. The molecule has 1 rings (SSSR count). The zero-order chi connectivity index (χ0) is 9.14. The van der Waals surface area contributed by atoms with E-state index in [4.69, 9.17) is 16.5 Å². The predicted octanol–water partition coefficient (Wildman–Crippen LogP) is 1.37. The molecule has 0 aliphatic heterocycles. The highest BCUT2D eigenvalue weighted by Gasteiger charge is 2.11. The SMILES string of the molecule is CCOC(=O)c1cc(C)n(Cl)n1. The Kier molecular flexibility index (Phi) is 2.70. The van der Waals surface area contributed by atoms with E-state index in [9.17, 15) is 4.79 Å². The topological polar surface area (TPSA) is 44.1 Å². The molecular weight excluding hydrogens is 180 g/mol. The van der Waals surface area contributed by atoms with Crippen LogP contribution in [0.4, 0.5) is 0 Å². The average molecular weight is 189 g/mol. The van der Waals surface area contributed by atoms with Crippen LogP contribution in [0.5, 0.6) is 0 Å². The maximum Gasteiger partial charge on any atom is 0.358 e. The van der Waals surface area contributed by atoms with E-state index in [2.05, 4.69) is 5.10 Å². The summed E-state index contributed by atoms with van der Waals surface area (Å²) in [7, 11) is 0. The number of rotatable bonds is 2. The summed E-state index contributed by atoms with van der Waals surface area (Å²) in [5, 5.41) is 3.74. The summed E-state index contributed by atoms with van der Waals surface area (Å²) in [6.45, 7) is 3.83. The molecule has 0 fully saturated rings. The Balaban J connectivity index is 2.82. The monoisotopic (exact) mass is 188 g/mol. The van der Waals surface area contributed by atoms with Gasteiger partial charge < -0.3 is 4.74 Å². The minimum absolute atomic E-state index is 0.240. The second kappa shape index (κ2) is 3.58. The van der Waals surface area contributed by atoms with Crippen LogP contribution in [0.25, 0.3) is 0 Å². The van der Waals surface area contributed by atoms with Gasteiger partial charge in [-0.05, 0) is 19.9 Å². The number of nitrogens with zero attached hydrogens (tertiary/aromatic N) is 2. The predicted molar refractivity (Wildman–Crippen MR) is 44.2 cm³/mol. The van der Waals surface area contributed by atoms with E-state index in [-0.39, 0.29) is 5.69 Å². The lowest BCUT2D eigenvalue weighted by Gasteiger charge is -1.95. The molecule has 0 bridgehead atoms. The Morgan fingerprint density at radius 3 is 2.92 bits per heavy atom. The zero-order valence-electron chi connectivity index (χ0n) is 6.87. The van der Waals surface area contributed by atoms with Crippen LogP contribution in [-0.4, -0.2) is 21.9 Å². The minimum atomic E-state index is -0.444. The van der Waals surface area contributed by atoms with Crippen LogP contribution in [0.3, 0.4) is 0 Å². The van der Waals surface area contributed by atoms with Gasteiger partial charge >= 0.3 is 5.97 Å². The molecule has 0 aliphatic carbocycles. The summed E-state index contributed by atoms with van der Waals surface area (Å²) in [6, 6.07) is 1.57. The molecule has 5 heteroatoms. The standard InChI is InChI=1S/C7H9ClN2O2/c1-3-12-7(11)6-4-5(2)10(8)9-6/h4H,3H2,1-2H3. The van der Waals surface area contributed by atoms with E-state index in [1.807, 2.05) is 0 Å². The number of hydrogen-bond acceptors (Lipinski definition) is 3. The van der Waals surface area contributed by atoms with Gasteiger partial charge in [0.05, 0.1) is 12.3 Å². The van der Waals surface area contributed by atoms with Crippen LogP contribution in [0.1, 0.15) is 23.1 Å². The summed E-state index contributed by atoms with van der Waals surface area (Å²) in [5.74, 6) is -0.444. The highest BCUT2D eigenvalue weighted by Crippen LogP contribution is 2.05. The summed E-state index contributed by atoms with van der Waals surface area (Å²) >= 11 is 5.57. The Bertz CT molecular complexity index is 276. The Labute approximate surface area is 75.2 Å². The fourth-order valence-electron chi connectivity index (χ4n) is 0.758. The summed E-state index contributed by atoms with van der Waals surface area (Å²) in [5.41, 5.74) is 0.948. The highest BCUT2D eigenvalue weighted by molar-refractivity contribution is 6.15. The van der Waals surface area contributed by atoms with Crippen LogP contribution >= 0.6 is 11.8 Å². The number of ether oxygens (including phenoxy) is 1. The van der Waals surface area contributed by atoms with E-state index >= 15 is 0 Å². The van der Waals surface area contributed by atoms with Crippen LogP contribution in [0.2, 0.25) is 0 Å². The van der Waals surface area contributed by atoms with Gasteiger partial charge in [0.25, 0.3) is 0 Å². The van der Waals surface area contributed by atoms with Crippen molar-refractivity contribution in [1.29, 1.82) is 0 Å². The van der Waals surface area contributed by atoms with Gasteiger partial charge in [0.15, 0.2) is 5.69 Å². The third kappa shape index (κ3) is 1.76. The molecule has 1 aromatic heterocycles. The molecular formula is C7H9ClN2O2. The van der Waals surface area contributed by atoms with Gasteiger partial charge in [-0.15, -0.1) is 5.10 Å². The van der Waals surface area contributed by atoms with Crippen molar-refractivity contribution >= 4 is 17.7 Å². The van der Waals surface area contributed by atoms with E-state index in [1.165, 1.54) is 0 Å². The molecule has 1 heterocycles. The zero-order valence-corrected chi connectivity index (χ0v) is 7.63. The largest absolute Gasteiger partial charge is 0.461 e. The van der Waals surface area contributed by atoms with Crippen molar-refractivity contribution < 1.29 is 9.53 Å². The Morgan fingerprint density at radius 2 is 2.50 bits per heavy atom. The van der Waals surface area contributed by atoms with Crippen LogP contribution in [0.15, 0.2) is 6.07 Å². The number of aromatic nitrogens is 2. The number of halogens is 1. The number of aryl methyl sites for hydroxylation is 1. The maximum absolute atomic E-state index is 11.1. The van der Waals surface area contributed by atoms with Crippen molar-refractivity contribution in [2.45, 2.75) is 13.8 Å². The van der Waals surface area contributed by atoms with Crippen LogP contribution < -0.4 is 0 Å². The van der Waals surface area contributed by atoms with Crippen molar-refractivity contribution in [1.82, 2.24) is 9.30 Å². The van der Waals surface area contributed by atoms with Gasteiger partial charge in [-0.1, -0.05) is 0 Å². The molecule has 0 atom stereocenters. The summed E-state index contributed by atoms with van der Waals surface area (Å²) in [4.78, 5) is 11.1. The van der Waals surface area contributed by atoms with Crippen LogP contribution in [-0.2, 0) is 4.74 Å². The van der Waals surface area contributed by atoms with Crippen LogP contribution in [0, 0.1) is 6.92 Å². The second-order valence-corrected chi connectivity index (χ2v) is 2.57. The third-order valence-corrected chi connectivity index (χ3v) is 1.66. The van der Waals surface area contributed by atoms with Gasteiger partial charge in [-0.25, -0.2) is 4.79 Å². The number of esters is 1. The van der Waals surface area contributed by atoms with Gasteiger partial charge in [0, 0.05) is 11.8 Å². The van der Waals surface area contributed by atoms with E-state index < -0.39 is 5.97 Å². The van der Waals surface area contributed by atoms with Gasteiger partial charge in [-0.2, -0.15) is 4.20 Å². The fraction of sp³-hybridized carbons (Fsp3) is 0.429. The Morgan fingerprint density at radius 1 is 1.83 bits per heavy atom. The molecule has 1 aromatic rings. The molecule has 0 spiro atoms. The fourth-order valence-corrected chi connectivity index (χ4v) is 0.888. The molecule has 0 unspecified atom stereocenters. The maximum atomic E-state index is 11.1. The Hall–Kier alpha value is -1.03. The van der Waals surface area contributed by atoms with E-state index in [0.29, 0.717) is 12.3 Å². The first kappa shape index (κ1) is 9.06. The molecule has 0 aromatic carbocycles. The van der Waals surface area contributed by atoms with Crippen molar-refractivity contribution in [3.8, 4) is 0 Å². The van der Waals surface area contributed by atoms with E-state index in [1.54, 1.807) is 19.9 Å². The molecule has 66 valence electrons. The van der Waals surface area contributed by atoms with Crippen molar-refractivity contribution in [3.05, 3.63) is 17.5 Å². The first-order valence-electron chi connectivity index (χ1n) is 3.55. The summed E-state index contributed by atoms with van der Waals surface area (Å²) < 4.78 is 5.84. The normalized spacial score (nSPS) is 9.92. The van der Waals surface area contributed by atoms with Crippen molar-refractivity contribution in [2.75, 3.05) is 6.61 Å². The van der Waals surface area contributed by atoms with E-state index in [0.717, 1.165) is 4.20 Å². The summed E-state index contributed by atoms with van der Waals surface area (Å²) in [6.07, 6.45) is 0. The number of carbonyl (C=O) groups is 1. The lowest BCUT2D eigenvalue weighted by Crippen LogP contribution is -2.05. The lowest BCUT2D eigenvalue weighted by molar-refractivity contribution is 0.0519. The second-order valence-electron chi connectivity index (χ2n) is 2.25. The molecule has 4 nitrogen and oxygen atoms in total. The first-order chi connectivity index (χ1) is 5.65. The van der Waals surface area contributed by atoms with Gasteiger partial charge in [0.1, 0.15) is 0 Å². The van der Waals surface area contributed by atoms with Gasteiger partial charge in [-0.3, -0.25) is 0 Å². The number of hydrogen-bond donors (Lipinski definition) is 0. The highest BCUT2D eigenvalue weighted by atomic mass is 35.5. The van der Waals surface area contributed by atoms with Crippen molar-refractivity contribution in [2.24, 2.45) is 0 Å². The molecule has 12 heavy (non-hydrogen) atoms. The average Bonchev–Trinajstić information content (AvgIpc) is 2.33. The molecule has 0 aliphatic rings. The molecule has 0 radical (unpaired) electrons.